The van der Waals surface area contributed by atoms with Gasteiger partial charge in [0.2, 0.25) is 5.91 Å². The lowest BCUT2D eigenvalue weighted by molar-refractivity contribution is -0.116. The van der Waals surface area contributed by atoms with Gasteiger partial charge in [0.25, 0.3) is 0 Å². The van der Waals surface area contributed by atoms with E-state index in [2.05, 4.69) is 21.2 Å². The van der Waals surface area contributed by atoms with Crippen molar-refractivity contribution in [3.63, 3.8) is 0 Å². The normalized spacial score (nSPS) is 11.7. The molecule has 0 aliphatic carbocycles. The van der Waals surface area contributed by atoms with E-state index >= 15 is 0 Å². The molecule has 5 nitrogen and oxygen atoms in total. The Bertz CT molecular complexity index is 1040. The predicted molar refractivity (Wildman–Crippen MR) is 119 cm³/mol. The predicted octanol–water partition coefficient (Wildman–Crippen LogP) is 5.43. The lowest BCUT2D eigenvalue weighted by Crippen LogP contribution is -2.25. The number of amides is 1. The number of hydrogen-bond donors (Lipinski definition) is 1. The number of furan rings is 1. The van der Waals surface area contributed by atoms with Gasteiger partial charge in [0.1, 0.15) is 11.3 Å². The highest BCUT2D eigenvalue weighted by atomic mass is 79.9. The van der Waals surface area contributed by atoms with Gasteiger partial charge in [-0.15, -0.1) is 0 Å². The van der Waals surface area contributed by atoms with Crippen molar-refractivity contribution in [1.82, 2.24) is 5.32 Å². The zero-order valence-electron chi connectivity index (χ0n) is 16.8. The van der Waals surface area contributed by atoms with E-state index in [1.165, 1.54) is 0 Å². The molecule has 0 saturated heterocycles. The maximum atomic E-state index is 12.2. The van der Waals surface area contributed by atoms with E-state index in [1.807, 2.05) is 50.2 Å². The molecule has 0 fully saturated rings. The average Bonchev–Trinajstić information content (AvgIpc) is 3.10. The van der Waals surface area contributed by atoms with Crippen molar-refractivity contribution in [1.29, 1.82) is 0 Å². The number of halogens is 1. The number of benzene rings is 2. The molecule has 29 heavy (non-hydrogen) atoms. The number of hydrogen-bond acceptors (Lipinski definition) is 4. The summed E-state index contributed by atoms with van der Waals surface area (Å²) in [7, 11) is 1.60. The fourth-order valence-corrected chi connectivity index (χ4v) is 3.52. The molecule has 0 atom stereocenters. The summed E-state index contributed by atoms with van der Waals surface area (Å²) in [5.74, 6) is 0.523. The van der Waals surface area contributed by atoms with Crippen LogP contribution in [0.3, 0.4) is 0 Å². The molecule has 0 unspecified atom stereocenters. The van der Waals surface area contributed by atoms with Crippen molar-refractivity contribution in [2.75, 3.05) is 26.9 Å². The topological polar surface area (TPSA) is 60.7 Å². The fourth-order valence-electron chi connectivity index (χ4n) is 3.12. The number of ether oxygens (including phenoxy) is 2. The maximum absolute atomic E-state index is 12.2. The highest BCUT2D eigenvalue weighted by molar-refractivity contribution is 9.10. The number of carbonyl (C=O) groups is 1. The van der Waals surface area contributed by atoms with Gasteiger partial charge in [0, 0.05) is 46.8 Å². The number of rotatable bonds is 8. The molecule has 1 amide bonds. The Morgan fingerprint density at radius 1 is 1.28 bits per heavy atom. The van der Waals surface area contributed by atoms with Crippen molar-refractivity contribution in [3.8, 4) is 16.9 Å². The summed E-state index contributed by atoms with van der Waals surface area (Å²) in [4.78, 5) is 12.2. The molecule has 6 heteroatoms. The molecule has 0 aliphatic heterocycles. The smallest absolute Gasteiger partial charge is 0.244 e. The largest absolute Gasteiger partial charge is 0.493 e. The van der Waals surface area contributed by atoms with Crippen LogP contribution in [0, 0.1) is 0 Å². The summed E-state index contributed by atoms with van der Waals surface area (Å²) in [5, 5.41) is 3.77. The van der Waals surface area contributed by atoms with Gasteiger partial charge in [0.05, 0.1) is 19.5 Å². The number of carbonyl (C=O) groups excluding carboxylic acids is 1. The van der Waals surface area contributed by atoms with E-state index in [9.17, 15) is 4.79 Å². The molecule has 0 aliphatic rings. The first-order chi connectivity index (χ1) is 14.0. The van der Waals surface area contributed by atoms with Crippen molar-refractivity contribution < 1.29 is 18.7 Å². The van der Waals surface area contributed by atoms with Gasteiger partial charge in [-0.1, -0.05) is 28.1 Å². The van der Waals surface area contributed by atoms with Crippen LogP contribution in [0.4, 0.5) is 0 Å². The lowest BCUT2D eigenvalue weighted by Gasteiger charge is -2.12. The summed E-state index contributed by atoms with van der Waals surface area (Å²) in [6.45, 7) is 5.29. The Hall–Kier alpha value is -2.57. The van der Waals surface area contributed by atoms with Crippen LogP contribution in [0.2, 0.25) is 0 Å². The Labute approximate surface area is 178 Å². The van der Waals surface area contributed by atoms with Crippen molar-refractivity contribution in [2.24, 2.45) is 0 Å². The first kappa shape index (κ1) is 21.1. The quantitative estimate of drug-likeness (QED) is 0.362. The number of fused-ring (bicyclic) bond motifs is 1. The van der Waals surface area contributed by atoms with Crippen LogP contribution in [0.1, 0.15) is 19.4 Å². The van der Waals surface area contributed by atoms with Gasteiger partial charge in [-0.05, 0) is 43.2 Å². The van der Waals surface area contributed by atoms with E-state index < -0.39 is 0 Å². The Morgan fingerprint density at radius 2 is 2.10 bits per heavy atom. The van der Waals surface area contributed by atoms with E-state index in [4.69, 9.17) is 13.9 Å². The molecule has 1 N–H and O–H groups in total. The van der Waals surface area contributed by atoms with Gasteiger partial charge in [0.15, 0.2) is 0 Å². The van der Waals surface area contributed by atoms with Crippen molar-refractivity contribution >= 4 is 38.4 Å². The number of methoxy groups -OCH3 is 1. The molecule has 3 rings (SSSR count). The van der Waals surface area contributed by atoms with Gasteiger partial charge in [-0.2, -0.15) is 0 Å². The Balaban J connectivity index is 2.03. The van der Waals surface area contributed by atoms with Gasteiger partial charge in [-0.3, -0.25) is 4.79 Å². The minimum absolute atomic E-state index is 0.165. The summed E-state index contributed by atoms with van der Waals surface area (Å²) >= 11 is 3.52. The fraction of sp³-hybridized carbons (Fsp3) is 0.261. The standard InChI is InChI=1S/C23H24BrNO4/c1-4-28-21-13-22-19(20(14-29-22)16-6-5-7-17(24)11-16)12-18(21)15(2)10-23(26)25-8-9-27-3/h5-7,10-14H,4,8-9H2,1-3H3,(H,25,26)/b15-10+. The highest BCUT2D eigenvalue weighted by Gasteiger charge is 2.15. The van der Waals surface area contributed by atoms with Crippen LogP contribution in [0.5, 0.6) is 5.75 Å². The molecule has 0 saturated carbocycles. The second-order valence-electron chi connectivity index (χ2n) is 6.55. The first-order valence-corrected chi connectivity index (χ1v) is 10.2. The molecular formula is C23H24BrNO4. The molecule has 1 aromatic heterocycles. The summed E-state index contributed by atoms with van der Waals surface area (Å²) < 4.78 is 17.6. The molecule has 3 aromatic rings. The minimum Gasteiger partial charge on any atom is -0.493 e. The van der Waals surface area contributed by atoms with Gasteiger partial charge >= 0.3 is 0 Å². The highest BCUT2D eigenvalue weighted by Crippen LogP contribution is 2.38. The Kier molecular flexibility index (Phi) is 7.12. The SMILES string of the molecule is CCOc1cc2occ(-c3cccc(Br)c3)c2cc1/C(C)=C/C(=O)NCCOC. The summed E-state index contributed by atoms with van der Waals surface area (Å²) in [6, 6.07) is 12.0. The molecule has 2 aromatic carbocycles. The molecule has 152 valence electrons. The first-order valence-electron chi connectivity index (χ1n) is 9.43. The minimum atomic E-state index is -0.165. The maximum Gasteiger partial charge on any atom is 0.244 e. The van der Waals surface area contributed by atoms with Crippen LogP contribution in [-0.4, -0.2) is 32.8 Å². The third-order valence-electron chi connectivity index (χ3n) is 4.49. The van der Waals surface area contributed by atoms with E-state index in [0.717, 1.165) is 37.7 Å². The molecule has 0 radical (unpaired) electrons. The zero-order chi connectivity index (χ0) is 20.8. The number of allylic oxidation sites excluding steroid dienone is 1. The molecule has 0 bridgehead atoms. The number of nitrogens with one attached hydrogen (secondary N) is 1. The van der Waals surface area contributed by atoms with Gasteiger partial charge in [-0.25, -0.2) is 0 Å². The Morgan fingerprint density at radius 3 is 2.83 bits per heavy atom. The third-order valence-corrected chi connectivity index (χ3v) is 4.98. The van der Waals surface area contributed by atoms with Crippen LogP contribution in [0.15, 0.2) is 57.6 Å². The second kappa shape index (κ2) is 9.76. The van der Waals surface area contributed by atoms with E-state index in [1.54, 1.807) is 19.4 Å². The lowest BCUT2D eigenvalue weighted by atomic mass is 9.99. The molecule has 0 spiro atoms. The van der Waals surface area contributed by atoms with E-state index in [-0.39, 0.29) is 5.91 Å². The average molecular weight is 458 g/mol. The van der Waals surface area contributed by atoms with Crippen LogP contribution in [-0.2, 0) is 9.53 Å². The summed E-state index contributed by atoms with van der Waals surface area (Å²) in [6.07, 6.45) is 3.33. The third kappa shape index (κ3) is 5.08. The second-order valence-corrected chi connectivity index (χ2v) is 7.46. The van der Waals surface area contributed by atoms with Crippen LogP contribution < -0.4 is 10.1 Å². The summed E-state index contributed by atoms with van der Waals surface area (Å²) in [5.41, 5.74) is 4.45. The van der Waals surface area contributed by atoms with E-state index in [0.29, 0.717) is 25.5 Å². The van der Waals surface area contributed by atoms with Crippen molar-refractivity contribution in [2.45, 2.75) is 13.8 Å². The van der Waals surface area contributed by atoms with Crippen LogP contribution >= 0.6 is 15.9 Å². The zero-order valence-corrected chi connectivity index (χ0v) is 18.3. The monoisotopic (exact) mass is 457 g/mol. The molecular weight excluding hydrogens is 434 g/mol. The van der Waals surface area contributed by atoms with Gasteiger partial charge < -0.3 is 19.2 Å². The van der Waals surface area contributed by atoms with Crippen LogP contribution in [0.25, 0.3) is 27.7 Å². The van der Waals surface area contributed by atoms with Crippen molar-refractivity contribution in [3.05, 3.63) is 58.8 Å². The molecule has 1 heterocycles.